The van der Waals surface area contributed by atoms with E-state index in [9.17, 15) is 14.9 Å². The average Bonchev–Trinajstić information content (AvgIpc) is 2.59. The number of hydrogen-bond acceptors (Lipinski definition) is 6. The van der Waals surface area contributed by atoms with Gasteiger partial charge in [-0.2, -0.15) is 0 Å². The van der Waals surface area contributed by atoms with Crippen molar-refractivity contribution >= 4 is 23.3 Å². The van der Waals surface area contributed by atoms with Crippen molar-refractivity contribution in [2.45, 2.75) is 19.6 Å². The molecule has 2 aromatic carbocycles. The topological polar surface area (TPSA) is 87.9 Å². The first-order valence-electron chi connectivity index (χ1n) is 7.44. The van der Waals surface area contributed by atoms with Gasteiger partial charge in [0.2, 0.25) is 0 Å². The monoisotopic (exact) mass is 363 g/mol. The largest absolute Gasteiger partial charge is 0.467 e. The maximum atomic E-state index is 12.1. The number of ether oxygens (including phenoxy) is 3. The molecule has 0 fully saturated rings. The van der Waals surface area contributed by atoms with Crippen LogP contribution in [0.25, 0.3) is 0 Å². The molecule has 2 aromatic rings. The lowest BCUT2D eigenvalue weighted by Gasteiger charge is -2.21. The van der Waals surface area contributed by atoms with E-state index in [0.717, 1.165) is 5.56 Å². The predicted molar refractivity (Wildman–Crippen MR) is 88.3 cm³/mol. The summed E-state index contributed by atoms with van der Waals surface area (Å²) < 4.78 is 15.9. The quantitative estimate of drug-likeness (QED) is 0.459. The molecule has 0 bridgehead atoms. The third-order valence-corrected chi connectivity index (χ3v) is 3.88. The van der Waals surface area contributed by atoms with Crippen LogP contribution in [-0.4, -0.2) is 17.7 Å². The number of rotatable bonds is 5. The summed E-state index contributed by atoms with van der Waals surface area (Å²) in [5.74, 6) is 0.0178. The molecule has 0 radical (unpaired) electrons. The van der Waals surface area contributed by atoms with Crippen molar-refractivity contribution in [2.24, 2.45) is 0 Å². The van der Waals surface area contributed by atoms with Crippen molar-refractivity contribution in [3.63, 3.8) is 0 Å². The van der Waals surface area contributed by atoms with E-state index in [2.05, 4.69) is 0 Å². The van der Waals surface area contributed by atoms with E-state index in [4.69, 9.17) is 25.8 Å². The average molecular weight is 364 g/mol. The Balaban J connectivity index is 1.69. The van der Waals surface area contributed by atoms with Crippen molar-refractivity contribution < 1.29 is 23.9 Å². The van der Waals surface area contributed by atoms with Gasteiger partial charge in [0, 0.05) is 27.8 Å². The van der Waals surface area contributed by atoms with Crippen LogP contribution in [-0.2, 0) is 33.9 Å². The molecule has 0 N–H and O–H groups in total. The fourth-order valence-electron chi connectivity index (χ4n) is 2.57. The summed E-state index contributed by atoms with van der Waals surface area (Å²) in [6.07, 6.45) is -0.191. The van der Waals surface area contributed by atoms with Gasteiger partial charge in [0.25, 0.3) is 5.69 Å². The first-order chi connectivity index (χ1) is 12.0. The van der Waals surface area contributed by atoms with Crippen molar-refractivity contribution in [1.82, 2.24) is 0 Å². The lowest BCUT2D eigenvalue weighted by molar-refractivity contribution is -0.385. The molecule has 0 spiro atoms. The van der Waals surface area contributed by atoms with Crippen LogP contribution in [0.15, 0.2) is 36.4 Å². The number of esters is 1. The Hall–Kier alpha value is -2.64. The molecule has 0 saturated heterocycles. The lowest BCUT2D eigenvalue weighted by Crippen LogP contribution is -2.15. The molecule has 130 valence electrons. The molecule has 1 aliphatic rings. The van der Waals surface area contributed by atoms with Crippen LogP contribution in [0.1, 0.15) is 16.7 Å². The number of hydrogen-bond donors (Lipinski definition) is 0. The minimum Gasteiger partial charge on any atom is -0.467 e. The third-order valence-electron chi connectivity index (χ3n) is 3.66. The van der Waals surface area contributed by atoms with E-state index in [1.807, 2.05) is 0 Å². The van der Waals surface area contributed by atoms with Crippen molar-refractivity contribution in [3.05, 3.63) is 68.2 Å². The summed E-state index contributed by atoms with van der Waals surface area (Å²) in [5, 5.41) is 11.5. The van der Waals surface area contributed by atoms with Gasteiger partial charge in [0.05, 0.1) is 18.0 Å². The molecule has 0 amide bonds. The second-order valence-corrected chi connectivity index (χ2v) is 5.82. The van der Waals surface area contributed by atoms with Gasteiger partial charge in [-0.3, -0.25) is 14.9 Å². The normalized spacial score (nSPS) is 12.8. The van der Waals surface area contributed by atoms with Crippen molar-refractivity contribution in [3.8, 4) is 5.75 Å². The molecule has 0 aromatic heterocycles. The highest BCUT2D eigenvalue weighted by atomic mass is 35.5. The summed E-state index contributed by atoms with van der Waals surface area (Å²) in [6.45, 7) is 0.446. The highest BCUT2D eigenvalue weighted by molar-refractivity contribution is 6.30. The molecule has 0 saturated carbocycles. The number of benzene rings is 2. The van der Waals surface area contributed by atoms with Crippen LogP contribution in [0.5, 0.6) is 5.75 Å². The summed E-state index contributed by atoms with van der Waals surface area (Å²) in [4.78, 5) is 22.5. The molecule has 0 atom stereocenters. The summed E-state index contributed by atoms with van der Waals surface area (Å²) >= 11 is 6.06. The summed E-state index contributed by atoms with van der Waals surface area (Å²) in [5.41, 5.74) is 1.60. The zero-order chi connectivity index (χ0) is 17.8. The van der Waals surface area contributed by atoms with E-state index in [-0.39, 0.29) is 25.5 Å². The van der Waals surface area contributed by atoms with Crippen molar-refractivity contribution in [1.29, 1.82) is 0 Å². The molecule has 3 rings (SSSR count). The van der Waals surface area contributed by atoms with Gasteiger partial charge < -0.3 is 14.2 Å². The SMILES string of the molecule is O=C(Cc1ccccc1[N+](=O)[O-])OCc1cc(Cl)cc2c1OCOC2. The number of halogens is 1. The minimum absolute atomic E-state index is 0.0393. The number of carbonyl (C=O) groups is 1. The van der Waals surface area contributed by atoms with Gasteiger partial charge in [-0.15, -0.1) is 0 Å². The van der Waals surface area contributed by atoms with Crippen molar-refractivity contribution in [2.75, 3.05) is 6.79 Å². The fourth-order valence-corrected chi connectivity index (χ4v) is 2.83. The Bertz CT molecular complexity index is 823. The van der Waals surface area contributed by atoms with Gasteiger partial charge in [0.1, 0.15) is 12.4 Å². The second kappa shape index (κ2) is 7.50. The Labute approximate surface area is 148 Å². The van der Waals surface area contributed by atoms with E-state index in [1.54, 1.807) is 24.3 Å². The van der Waals surface area contributed by atoms with Gasteiger partial charge in [-0.05, 0) is 12.1 Å². The molecule has 0 unspecified atom stereocenters. The first-order valence-corrected chi connectivity index (χ1v) is 7.82. The Kier molecular flexibility index (Phi) is 5.16. The number of nitro groups is 1. The summed E-state index contributed by atoms with van der Waals surface area (Å²) in [6, 6.07) is 9.45. The molecule has 1 heterocycles. The van der Waals surface area contributed by atoms with Gasteiger partial charge in [-0.25, -0.2) is 0 Å². The predicted octanol–water partition coefficient (Wildman–Crippen LogP) is 3.40. The Morgan fingerprint density at radius 1 is 1.28 bits per heavy atom. The van der Waals surface area contributed by atoms with Gasteiger partial charge in [-0.1, -0.05) is 29.8 Å². The number of nitrogens with zero attached hydrogens (tertiary/aromatic N) is 1. The molecule has 8 heteroatoms. The highest BCUT2D eigenvalue weighted by Crippen LogP contribution is 2.32. The lowest BCUT2D eigenvalue weighted by atomic mass is 10.1. The highest BCUT2D eigenvalue weighted by Gasteiger charge is 2.19. The Morgan fingerprint density at radius 3 is 2.88 bits per heavy atom. The maximum absolute atomic E-state index is 12.1. The van der Waals surface area contributed by atoms with Gasteiger partial charge >= 0.3 is 5.97 Å². The second-order valence-electron chi connectivity index (χ2n) is 5.39. The standard InChI is InChI=1S/C17H14ClNO6/c18-14-5-12-8-23-10-25-17(12)13(6-14)9-24-16(20)7-11-3-1-2-4-15(11)19(21)22/h1-6H,7-10H2. The number of carbonyl (C=O) groups excluding carboxylic acids is 1. The Morgan fingerprint density at radius 2 is 2.08 bits per heavy atom. The molecular formula is C17H14ClNO6. The number of para-hydroxylation sites is 1. The van der Waals surface area contributed by atoms with Crippen LogP contribution in [0.3, 0.4) is 0 Å². The zero-order valence-electron chi connectivity index (χ0n) is 13.1. The van der Waals surface area contributed by atoms with Gasteiger partial charge in [0.15, 0.2) is 6.79 Å². The first kappa shape index (κ1) is 17.2. The number of nitro benzene ring substituents is 1. The van der Waals surface area contributed by atoms with E-state index >= 15 is 0 Å². The van der Waals surface area contributed by atoms with Crippen LogP contribution < -0.4 is 4.74 Å². The molecule has 0 aliphatic carbocycles. The molecular weight excluding hydrogens is 350 g/mol. The van der Waals surface area contributed by atoms with Crippen LogP contribution in [0.2, 0.25) is 5.02 Å². The van der Waals surface area contributed by atoms with Crippen LogP contribution in [0, 0.1) is 10.1 Å². The third kappa shape index (κ3) is 4.07. The smallest absolute Gasteiger partial charge is 0.310 e. The van der Waals surface area contributed by atoms with E-state index in [0.29, 0.717) is 28.5 Å². The summed E-state index contributed by atoms with van der Waals surface area (Å²) in [7, 11) is 0. The van der Waals surface area contributed by atoms with Crippen LogP contribution >= 0.6 is 11.6 Å². The van der Waals surface area contributed by atoms with E-state index in [1.165, 1.54) is 12.1 Å². The van der Waals surface area contributed by atoms with E-state index < -0.39 is 10.9 Å². The zero-order valence-corrected chi connectivity index (χ0v) is 13.8. The molecule has 1 aliphatic heterocycles. The maximum Gasteiger partial charge on any atom is 0.310 e. The van der Waals surface area contributed by atoms with Crippen LogP contribution in [0.4, 0.5) is 5.69 Å². The molecule has 7 nitrogen and oxygen atoms in total. The fraction of sp³-hybridized carbons (Fsp3) is 0.235. The minimum atomic E-state index is -0.574. The molecule has 25 heavy (non-hydrogen) atoms. The number of fused-ring (bicyclic) bond motifs is 1.